The van der Waals surface area contributed by atoms with E-state index in [0.717, 1.165) is 16.3 Å². The molecule has 0 aliphatic carbocycles. The van der Waals surface area contributed by atoms with Crippen LogP contribution in [0.4, 0.5) is 5.69 Å². The van der Waals surface area contributed by atoms with Gasteiger partial charge in [-0.15, -0.1) is 11.8 Å². The third-order valence-electron chi connectivity index (χ3n) is 2.82. The minimum absolute atomic E-state index is 0.566. The van der Waals surface area contributed by atoms with Gasteiger partial charge < -0.3 is 0 Å². The van der Waals surface area contributed by atoms with Crippen LogP contribution in [0, 0.1) is 0 Å². The highest BCUT2D eigenvalue weighted by Crippen LogP contribution is 2.30. The van der Waals surface area contributed by atoms with Crippen LogP contribution in [0.3, 0.4) is 0 Å². The number of amides is 1. The van der Waals surface area contributed by atoms with Crippen LogP contribution in [0.25, 0.3) is 0 Å². The molecule has 21 heavy (non-hydrogen) atoms. The Hall–Kier alpha value is -2.02. The molecule has 0 aromatic heterocycles. The van der Waals surface area contributed by atoms with Gasteiger partial charge in [0.25, 0.3) is 0 Å². The second-order valence-electron chi connectivity index (χ2n) is 4.30. The molecule has 0 bridgehead atoms. The van der Waals surface area contributed by atoms with Crippen molar-refractivity contribution in [1.82, 2.24) is 16.5 Å². The van der Waals surface area contributed by atoms with Gasteiger partial charge in [0.15, 0.2) is 0 Å². The largest absolute Gasteiger partial charge is 0.296 e. The molecule has 110 valence electrons. The van der Waals surface area contributed by atoms with E-state index in [2.05, 4.69) is 34.7 Å². The molecule has 0 radical (unpaired) electrons. The first kappa shape index (κ1) is 15.4. The minimum atomic E-state index is 0.566. The number of anilines is 1. The Labute approximate surface area is 128 Å². The Kier molecular flexibility index (Phi) is 6.08. The Balaban J connectivity index is 2.00. The summed E-state index contributed by atoms with van der Waals surface area (Å²) in [7, 11) is 1.88. The fourth-order valence-corrected chi connectivity index (χ4v) is 2.84. The number of para-hydroxylation sites is 1. The SMILES string of the molecule is CN(NNNC=O)c1ccccc1SCc1ccccc1. The number of rotatable bonds is 8. The van der Waals surface area contributed by atoms with Gasteiger partial charge in [-0.05, 0) is 17.7 Å². The van der Waals surface area contributed by atoms with Gasteiger partial charge >= 0.3 is 0 Å². The van der Waals surface area contributed by atoms with Gasteiger partial charge in [0.2, 0.25) is 6.41 Å². The van der Waals surface area contributed by atoms with Crippen molar-refractivity contribution in [2.24, 2.45) is 0 Å². The summed E-state index contributed by atoms with van der Waals surface area (Å²) in [6.45, 7) is 0. The predicted octanol–water partition coefficient (Wildman–Crippen LogP) is 2.09. The highest BCUT2D eigenvalue weighted by molar-refractivity contribution is 7.98. The summed E-state index contributed by atoms with van der Waals surface area (Å²) in [6.07, 6.45) is 0.566. The summed E-state index contributed by atoms with van der Waals surface area (Å²) in [5.41, 5.74) is 10.1. The molecule has 0 heterocycles. The number of hydrazine groups is 3. The Morgan fingerprint density at radius 1 is 1.10 bits per heavy atom. The maximum Gasteiger partial charge on any atom is 0.222 e. The molecule has 1 amide bonds. The molecule has 0 aliphatic heterocycles. The summed E-state index contributed by atoms with van der Waals surface area (Å²) in [5, 5.41) is 1.81. The van der Waals surface area contributed by atoms with Gasteiger partial charge in [-0.25, -0.2) is 0 Å². The average Bonchev–Trinajstić information content (AvgIpc) is 2.54. The summed E-state index contributed by atoms with van der Waals surface area (Å²) in [5.74, 6) is 0.908. The first-order valence-corrected chi connectivity index (χ1v) is 7.49. The summed E-state index contributed by atoms with van der Waals surface area (Å²) in [6, 6.07) is 18.4. The molecule has 0 saturated heterocycles. The molecule has 5 nitrogen and oxygen atoms in total. The van der Waals surface area contributed by atoms with Gasteiger partial charge in [0.1, 0.15) is 0 Å². The average molecular weight is 302 g/mol. The molecule has 0 fully saturated rings. The first-order valence-electron chi connectivity index (χ1n) is 6.50. The molecule has 0 saturated carbocycles. The number of carbonyl (C=O) groups excluding carboxylic acids is 1. The zero-order valence-corrected chi connectivity index (χ0v) is 12.6. The van der Waals surface area contributed by atoms with Crippen molar-refractivity contribution in [3.05, 3.63) is 60.2 Å². The zero-order valence-electron chi connectivity index (χ0n) is 11.7. The smallest absolute Gasteiger partial charge is 0.222 e. The summed E-state index contributed by atoms with van der Waals surface area (Å²) < 4.78 is 0. The van der Waals surface area contributed by atoms with Crippen molar-refractivity contribution >= 4 is 23.9 Å². The van der Waals surface area contributed by atoms with E-state index in [1.807, 2.05) is 48.5 Å². The molecule has 0 aliphatic rings. The van der Waals surface area contributed by atoms with Gasteiger partial charge in [-0.1, -0.05) is 42.5 Å². The van der Waals surface area contributed by atoms with Crippen molar-refractivity contribution in [3.8, 4) is 0 Å². The van der Waals surface area contributed by atoms with E-state index in [1.165, 1.54) is 5.56 Å². The lowest BCUT2D eigenvalue weighted by atomic mass is 10.2. The number of benzene rings is 2. The van der Waals surface area contributed by atoms with E-state index >= 15 is 0 Å². The number of thioether (sulfide) groups is 1. The van der Waals surface area contributed by atoms with Gasteiger partial charge in [-0.2, -0.15) is 11.1 Å². The monoisotopic (exact) mass is 302 g/mol. The molecule has 2 aromatic carbocycles. The summed E-state index contributed by atoms with van der Waals surface area (Å²) in [4.78, 5) is 11.4. The van der Waals surface area contributed by atoms with Crippen molar-refractivity contribution < 1.29 is 4.79 Å². The van der Waals surface area contributed by atoms with Crippen LogP contribution in [0.5, 0.6) is 0 Å². The number of hydrogen-bond donors (Lipinski definition) is 3. The van der Waals surface area contributed by atoms with E-state index < -0.39 is 0 Å². The van der Waals surface area contributed by atoms with Crippen molar-refractivity contribution in [1.29, 1.82) is 0 Å². The van der Waals surface area contributed by atoms with E-state index in [0.29, 0.717) is 6.41 Å². The first-order chi connectivity index (χ1) is 10.3. The van der Waals surface area contributed by atoms with E-state index in [1.54, 1.807) is 11.8 Å². The maximum atomic E-state index is 10.2. The van der Waals surface area contributed by atoms with Crippen LogP contribution in [0.2, 0.25) is 0 Å². The molecule has 6 heteroatoms. The van der Waals surface area contributed by atoms with Crippen LogP contribution < -0.4 is 21.5 Å². The maximum absolute atomic E-state index is 10.2. The molecular formula is C15H18N4OS. The highest BCUT2D eigenvalue weighted by atomic mass is 32.2. The molecule has 3 N–H and O–H groups in total. The standard InChI is InChI=1S/C15H18N4OS/c1-19(18-17-16-12-20)14-9-5-6-10-15(14)21-11-13-7-3-2-4-8-13/h2-10,12,17-18H,11H2,1H3,(H,16,20). The van der Waals surface area contributed by atoms with Crippen LogP contribution in [-0.2, 0) is 10.5 Å². The van der Waals surface area contributed by atoms with E-state index in [-0.39, 0.29) is 0 Å². The highest BCUT2D eigenvalue weighted by Gasteiger charge is 2.07. The number of carbonyl (C=O) groups is 1. The van der Waals surface area contributed by atoms with Gasteiger partial charge in [-0.3, -0.25) is 15.2 Å². The van der Waals surface area contributed by atoms with Gasteiger partial charge in [0.05, 0.1) is 5.69 Å². The molecule has 2 aromatic rings. The van der Waals surface area contributed by atoms with Gasteiger partial charge in [0, 0.05) is 17.7 Å². The Morgan fingerprint density at radius 2 is 1.81 bits per heavy atom. The molecule has 0 spiro atoms. The third kappa shape index (κ3) is 4.78. The van der Waals surface area contributed by atoms with E-state index in [4.69, 9.17) is 0 Å². The quantitative estimate of drug-likeness (QED) is 0.302. The van der Waals surface area contributed by atoms with Crippen LogP contribution in [0.1, 0.15) is 5.56 Å². The second kappa shape index (κ2) is 8.31. The number of nitrogens with zero attached hydrogens (tertiary/aromatic N) is 1. The van der Waals surface area contributed by atoms with Crippen molar-refractivity contribution in [2.45, 2.75) is 10.6 Å². The topological polar surface area (TPSA) is 56.4 Å². The molecular weight excluding hydrogens is 284 g/mol. The number of hydrogen-bond acceptors (Lipinski definition) is 5. The lowest BCUT2D eigenvalue weighted by Gasteiger charge is -2.22. The fraction of sp³-hybridized carbons (Fsp3) is 0.133. The fourth-order valence-electron chi connectivity index (χ4n) is 1.80. The van der Waals surface area contributed by atoms with Crippen LogP contribution in [0.15, 0.2) is 59.5 Å². The lowest BCUT2D eigenvalue weighted by Crippen LogP contribution is -2.51. The Morgan fingerprint density at radius 3 is 2.57 bits per heavy atom. The molecule has 0 unspecified atom stereocenters. The zero-order chi connectivity index (χ0) is 14.9. The third-order valence-corrected chi connectivity index (χ3v) is 3.95. The Bertz CT molecular complexity index is 565. The van der Waals surface area contributed by atoms with Crippen LogP contribution >= 0.6 is 11.8 Å². The minimum Gasteiger partial charge on any atom is -0.296 e. The summed E-state index contributed by atoms with van der Waals surface area (Å²) >= 11 is 1.77. The second-order valence-corrected chi connectivity index (χ2v) is 5.32. The number of nitrogens with one attached hydrogen (secondary N) is 3. The molecule has 2 rings (SSSR count). The van der Waals surface area contributed by atoms with Crippen molar-refractivity contribution in [2.75, 3.05) is 12.1 Å². The van der Waals surface area contributed by atoms with Crippen molar-refractivity contribution in [3.63, 3.8) is 0 Å². The van der Waals surface area contributed by atoms with Crippen LogP contribution in [-0.4, -0.2) is 13.5 Å². The normalized spacial score (nSPS) is 10.1. The molecule has 0 atom stereocenters. The predicted molar refractivity (Wildman–Crippen MR) is 86.3 cm³/mol. The lowest BCUT2D eigenvalue weighted by molar-refractivity contribution is -0.110. The van der Waals surface area contributed by atoms with E-state index in [9.17, 15) is 4.79 Å².